The standard InChI is InChI=1S/C21H24N4O2S/c1-2-3-6-13-27-17-11-9-16(10-12-17)14-22-25-20(26)15-28-21-23-18-7-4-5-8-19(18)24-21/h4-5,7-12,14H,2-3,6,13,15H2,1H3,(H,23,24)(H,25,26)/b22-14-. The largest absolute Gasteiger partial charge is 0.494 e. The van der Waals surface area contributed by atoms with Crippen molar-refractivity contribution in [3.05, 3.63) is 54.1 Å². The number of hydrogen-bond acceptors (Lipinski definition) is 5. The number of amides is 1. The molecule has 28 heavy (non-hydrogen) atoms. The van der Waals surface area contributed by atoms with Crippen molar-refractivity contribution < 1.29 is 9.53 Å². The van der Waals surface area contributed by atoms with E-state index in [2.05, 4.69) is 27.4 Å². The molecule has 1 amide bonds. The third kappa shape index (κ3) is 6.13. The fourth-order valence-corrected chi connectivity index (χ4v) is 3.21. The maximum atomic E-state index is 11.9. The molecule has 1 aromatic heterocycles. The number of nitrogens with one attached hydrogen (secondary N) is 2. The number of H-pyrrole nitrogens is 1. The number of hydrazone groups is 1. The molecule has 6 nitrogen and oxygen atoms in total. The van der Waals surface area contributed by atoms with Gasteiger partial charge in [-0.05, 0) is 48.4 Å². The number of unbranched alkanes of at least 4 members (excludes halogenated alkanes) is 2. The summed E-state index contributed by atoms with van der Waals surface area (Å²) in [6.07, 6.45) is 5.04. The van der Waals surface area contributed by atoms with Crippen molar-refractivity contribution in [2.75, 3.05) is 12.4 Å². The quantitative estimate of drug-likeness (QED) is 0.231. The highest BCUT2D eigenvalue weighted by Crippen LogP contribution is 2.18. The predicted octanol–water partition coefficient (Wildman–Crippen LogP) is 4.37. The van der Waals surface area contributed by atoms with E-state index < -0.39 is 0 Å². The molecule has 0 aliphatic heterocycles. The number of aromatic nitrogens is 2. The van der Waals surface area contributed by atoms with Gasteiger partial charge in [-0.2, -0.15) is 5.10 Å². The second kappa shape index (κ2) is 10.5. The molecule has 146 valence electrons. The van der Waals surface area contributed by atoms with E-state index in [-0.39, 0.29) is 11.7 Å². The van der Waals surface area contributed by atoms with Crippen LogP contribution in [0.1, 0.15) is 31.7 Å². The summed E-state index contributed by atoms with van der Waals surface area (Å²) in [5, 5.41) is 4.72. The van der Waals surface area contributed by atoms with Gasteiger partial charge in [-0.15, -0.1) is 0 Å². The number of nitrogens with zero attached hydrogens (tertiary/aromatic N) is 2. The topological polar surface area (TPSA) is 79.4 Å². The van der Waals surface area contributed by atoms with Crippen molar-refractivity contribution in [1.29, 1.82) is 0 Å². The molecule has 0 radical (unpaired) electrons. The zero-order valence-corrected chi connectivity index (χ0v) is 16.7. The molecule has 0 fully saturated rings. The lowest BCUT2D eigenvalue weighted by Crippen LogP contribution is -2.19. The lowest BCUT2D eigenvalue weighted by molar-refractivity contribution is -0.118. The van der Waals surface area contributed by atoms with Crippen molar-refractivity contribution in [1.82, 2.24) is 15.4 Å². The zero-order valence-electron chi connectivity index (χ0n) is 15.9. The van der Waals surface area contributed by atoms with Crippen LogP contribution in [0.3, 0.4) is 0 Å². The monoisotopic (exact) mass is 396 g/mol. The molecule has 0 atom stereocenters. The van der Waals surface area contributed by atoms with Gasteiger partial charge in [-0.25, -0.2) is 10.4 Å². The first-order chi connectivity index (χ1) is 13.7. The molecule has 3 aromatic rings. The molecule has 0 bridgehead atoms. The van der Waals surface area contributed by atoms with Crippen molar-refractivity contribution in [2.45, 2.75) is 31.3 Å². The third-order valence-electron chi connectivity index (χ3n) is 4.01. The number of carbonyl (C=O) groups excluding carboxylic acids is 1. The van der Waals surface area contributed by atoms with Crippen LogP contribution in [0, 0.1) is 0 Å². The first kappa shape index (κ1) is 19.9. The average molecular weight is 397 g/mol. The number of benzene rings is 2. The van der Waals surface area contributed by atoms with Gasteiger partial charge in [0.25, 0.3) is 5.91 Å². The van der Waals surface area contributed by atoms with Crippen LogP contribution in [-0.2, 0) is 4.79 Å². The van der Waals surface area contributed by atoms with Crippen LogP contribution >= 0.6 is 11.8 Å². The van der Waals surface area contributed by atoms with Crippen LogP contribution in [0.25, 0.3) is 11.0 Å². The van der Waals surface area contributed by atoms with Crippen LogP contribution in [-0.4, -0.2) is 34.4 Å². The van der Waals surface area contributed by atoms with Crippen molar-refractivity contribution in [3.8, 4) is 5.75 Å². The van der Waals surface area contributed by atoms with Crippen molar-refractivity contribution in [3.63, 3.8) is 0 Å². The van der Waals surface area contributed by atoms with Crippen LogP contribution in [0.5, 0.6) is 5.75 Å². The molecule has 0 spiro atoms. The molecule has 0 aliphatic rings. The Hall–Kier alpha value is -2.80. The van der Waals surface area contributed by atoms with Crippen molar-refractivity contribution >= 4 is 34.9 Å². The Morgan fingerprint density at radius 1 is 1.21 bits per heavy atom. The van der Waals surface area contributed by atoms with Gasteiger partial charge in [0.1, 0.15) is 5.75 Å². The number of rotatable bonds is 10. The lowest BCUT2D eigenvalue weighted by Gasteiger charge is -2.05. The van der Waals surface area contributed by atoms with Gasteiger partial charge in [0.2, 0.25) is 0 Å². The molecule has 1 heterocycles. The molecule has 0 unspecified atom stereocenters. The fourth-order valence-electron chi connectivity index (χ4n) is 2.53. The van der Waals surface area contributed by atoms with Crippen LogP contribution in [0.2, 0.25) is 0 Å². The third-order valence-corrected chi connectivity index (χ3v) is 4.88. The summed E-state index contributed by atoms with van der Waals surface area (Å²) in [5.74, 6) is 0.902. The summed E-state index contributed by atoms with van der Waals surface area (Å²) in [5.41, 5.74) is 5.28. The Kier molecular flexibility index (Phi) is 7.49. The number of para-hydroxylation sites is 2. The molecule has 7 heteroatoms. The number of imidazole rings is 1. The molecule has 2 aromatic carbocycles. The van der Waals surface area contributed by atoms with Crippen LogP contribution in [0.4, 0.5) is 0 Å². The number of ether oxygens (including phenoxy) is 1. The smallest absolute Gasteiger partial charge is 0.250 e. The number of aromatic amines is 1. The first-order valence-electron chi connectivity index (χ1n) is 9.37. The molecule has 0 aliphatic carbocycles. The normalized spacial score (nSPS) is 11.2. The van der Waals surface area contributed by atoms with Gasteiger partial charge in [0.05, 0.1) is 29.6 Å². The van der Waals surface area contributed by atoms with Crippen LogP contribution < -0.4 is 10.2 Å². The minimum atomic E-state index is -0.183. The van der Waals surface area contributed by atoms with E-state index in [4.69, 9.17) is 4.74 Å². The molecule has 3 rings (SSSR count). The Bertz CT molecular complexity index is 889. The summed E-state index contributed by atoms with van der Waals surface area (Å²) >= 11 is 1.34. The molecule has 0 saturated heterocycles. The van der Waals surface area contributed by atoms with Gasteiger partial charge in [-0.3, -0.25) is 4.79 Å². The minimum absolute atomic E-state index is 0.183. The van der Waals surface area contributed by atoms with E-state index in [1.807, 2.05) is 48.5 Å². The van der Waals surface area contributed by atoms with Gasteiger partial charge < -0.3 is 9.72 Å². The highest BCUT2D eigenvalue weighted by molar-refractivity contribution is 7.99. The number of carbonyl (C=O) groups is 1. The average Bonchev–Trinajstić information content (AvgIpc) is 3.14. The summed E-state index contributed by atoms with van der Waals surface area (Å²) in [6, 6.07) is 15.4. The highest BCUT2D eigenvalue weighted by atomic mass is 32.2. The summed E-state index contributed by atoms with van der Waals surface area (Å²) in [7, 11) is 0. The summed E-state index contributed by atoms with van der Waals surface area (Å²) in [4.78, 5) is 19.6. The van der Waals surface area contributed by atoms with E-state index >= 15 is 0 Å². The number of fused-ring (bicyclic) bond motifs is 1. The minimum Gasteiger partial charge on any atom is -0.494 e. The predicted molar refractivity (Wildman–Crippen MR) is 114 cm³/mol. The zero-order chi connectivity index (χ0) is 19.6. The van der Waals surface area contributed by atoms with Crippen LogP contribution in [0.15, 0.2) is 58.8 Å². The maximum absolute atomic E-state index is 11.9. The molecule has 2 N–H and O–H groups in total. The van der Waals surface area contributed by atoms with E-state index in [1.165, 1.54) is 24.6 Å². The molecular weight excluding hydrogens is 372 g/mol. The summed E-state index contributed by atoms with van der Waals surface area (Å²) in [6.45, 7) is 2.91. The number of thioether (sulfide) groups is 1. The van der Waals surface area contributed by atoms with Crippen molar-refractivity contribution in [2.24, 2.45) is 5.10 Å². The first-order valence-corrected chi connectivity index (χ1v) is 10.4. The SMILES string of the molecule is CCCCCOc1ccc(/C=N\NC(=O)CSc2nc3ccccc3[nH]2)cc1. The Balaban J connectivity index is 1.40. The lowest BCUT2D eigenvalue weighted by atomic mass is 10.2. The van der Waals surface area contributed by atoms with Gasteiger partial charge in [-0.1, -0.05) is 43.7 Å². The van der Waals surface area contributed by atoms with E-state index in [1.54, 1.807) is 6.21 Å². The second-order valence-corrected chi connectivity index (χ2v) is 7.23. The number of hydrogen-bond donors (Lipinski definition) is 2. The summed E-state index contributed by atoms with van der Waals surface area (Å²) < 4.78 is 5.68. The van der Waals surface area contributed by atoms with Gasteiger partial charge in [0, 0.05) is 0 Å². The Morgan fingerprint density at radius 2 is 2.04 bits per heavy atom. The van der Waals surface area contributed by atoms with Gasteiger partial charge in [0.15, 0.2) is 5.16 Å². The van der Waals surface area contributed by atoms with E-state index in [0.717, 1.165) is 40.5 Å². The second-order valence-electron chi connectivity index (χ2n) is 6.27. The van der Waals surface area contributed by atoms with E-state index in [9.17, 15) is 4.79 Å². The van der Waals surface area contributed by atoms with Gasteiger partial charge >= 0.3 is 0 Å². The molecular formula is C21H24N4O2S. The Morgan fingerprint density at radius 3 is 2.82 bits per heavy atom. The van der Waals surface area contributed by atoms with E-state index in [0.29, 0.717) is 0 Å². The maximum Gasteiger partial charge on any atom is 0.250 e. The Labute approximate surface area is 168 Å². The molecule has 0 saturated carbocycles. The highest BCUT2D eigenvalue weighted by Gasteiger charge is 2.06. The fraction of sp³-hybridized carbons (Fsp3) is 0.286.